The van der Waals surface area contributed by atoms with Crippen LogP contribution in [0.5, 0.6) is 0 Å². The number of aliphatic carboxylic acids is 1. The third-order valence-corrected chi connectivity index (χ3v) is 3.30. The number of carboxylic acids is 1. The molecule has 0 aliphatic heterocycles. The molecule has 0 spiro atoms. The smallest absolute Gasteiger partial charge is 0.322 e. The number of nitrogens with zero attached hydrogens (tertiary/aromatic N) is 1. The summed E-state index contributed by atoms with van der Waals surface area (Å²) in [6.07, 6.45) is 1.35. The van der Waals surface area contributed by atoms with E-state index in [1.54, 1.807) is 4.90 Å². The Hall–Kier alpha value is -2.04. The van der Waals surface area contributed by atoms with E-state index in [9.17, 15) is 9.59 Å². The maximum absolute atomic E-state index is 12.3. The Balaban J connectivity index is 2.55. The van der Waals surface area contributed by atoms with Crippen molar-refractivity contribution in [3.8, 4) is 0 Å². The Kier molecular flexibility index (Phi) is 6.72. The van der Waals surface area contributed by atoms with Gasteiger partial charge in [0.15, 0.2) is 0 Å². The predicted molar refractivity (Wildman–Crippen MR) is 83.7 cm³/mol. The summed E-state index contributed by atoms with van der Waals surface area (Å²) in [4.78, 5) is 24.4. The van der Waals surface area contributed by atoms with Crippen molar-refractivity contribution in [1.82, 2.24) is 5.32 Å². The monoisotopic (exact) mass is 292 g/mol. The number of hydrogen-bond acceptors (Lipinski definition) is 2. The Morgan fingerprint density at radius 1 is 1.29 bits per heavy atom. The molecule has 0 heterocycles. The van der Waals surface area contributed by atoms with E-state index < -0.39 is 5.97 Å². The van der Waals surface area contributed by atoms with E-state index in [-0.39, 0.29) is 18.5 Å². The molecule has 1 atom stereocenters. The summed E-state index contributed by atoms with van der Waals surface area (Å²) in [5.74, 6) is -0.802. The van der Waals surface area contributed by atoms with E-state index in [0.717, 1.165) is 11.3 Å². The van der Waals surface area contributed by atoms with Gasteiger partial charge in [0.25, 0.3) is 0 Å². The van der Waals surface area contributed by atoms with Crippen molar-refractivity contribution in [3.05, 3.63) is 29.8 Å². The van der Waals surface area contributed by atoms with Crippen LogP contribution in [-0.2, 0) is 4.79 Å². The highest BCUT2D eigenvalue weighted by molar-refractivity contribution is 5.92. The van der Waals surface area contributed by atoms with Gasteiger partial charge in [-0.2, -0.15) is 0 Å². The van der Waals surface area contributed by atoms with Gasteiger partial charge in [0.2, 0.25) is 0 Å². The molecule has 2 amide bonds. The minimum absolute atomic E-state index is 0.0450. The van der Waals surface area contributed by atoms with Gasteiger partial charge in [0, 0.05) is 24.7 Å². The second-order valence-corrected chi connectivity index (χ2v) is 5.22. The maximum Gasteiger partial charge on any atom is 0.322 e. The lowest BCUT2D eigenvalue weighted by atomic mass is 10.1. The Labute approximate surface area is 126 Å². The molecule has 5 heteroatoms. The van der Waals surface area contributed by atoms with Crippen LogP contribution in [0.25, 0.3) is 0 Å². The van der Waals surface area contributed by atoms with E-state index in [2.05, 4.69) is 5.32 Å². The van der Waals surface area contributed by atoms with Crippen LogP contribution in [0.2, 0.25) is 0 Å². The number of hydrogen-bond donors (Lipinski definition) is 2. The van der Waals surface area contributed by atoms with Crippen LogP contribution >= 0.6 is 0 Å². The molecular formula is C16H24N2O3. The lowest BCUT2D eigenvalue weighted by Crippen LogP contribution is -2.44. The molecule has 2 N–H and O–H groups in total. The topological polar surface area (TPSA) is 69.6 Å². The van der Waals surface area contributed by atoms with E-state index in [0.29, 0.717) is 19.4 Å². The fourth-order valence-corrected chi connectivity index (χ4v) is 2.09. The second-order valence-electron chi connectivity index (χ2n) is 5.22. The second kappa shape index (κ2) is 8.29. The molecule has 1 aromatic carbocycles. The molecule has 0 saturated heterocycles. The molecule has 1 unspecified atom stereocenters. The lowest BCUT2D eigenvalue weighted by molar-refractivity contribution is -0.137. The van der Waals surface area contributed by atoms with Gasteiger partial charge in [-0.05, 0) is 45.7 Å². The zero-order valence-electron chi connectivity index (χ0n) is 12.9. The molecule has 0 bridgehead atoms. The summed E-state index contributed by atoms with van der Waals surface area (Å²) in [6.45, 7) is 6.40. The van der Waals surface area contributed by atoms with Crippen LogP contribution < -0.4 is 10.2 Å². The van der Waals surface area contributed by atoms with Crippen molar-refractivity contribution in [2.45, 2.75) is 46.1 Å². The van der Waals surface area contributed by atoms with Crippen LogP contribution in [0.3, 0.4) is 0 Å². The fourth-order valence-electron chi connectivity index (χ4n) is 2.09. The number of anilines is 1. The van der Waals surface area contributed by atoms with Gasteiger partial charge >= 0.3 is 12.0 Å². The SMILES string of the molecule is CCN(C(=O)NC(C)CCCC(=O)O)c1ccc(C)cc1. The van der Waals surface area contributed by atoms with Crippen molar-refractivity contribution in [2.24, 2.45) is 0 Å². The largest absolute Gasteiger partial charge is 0.481 e. The number of nitrogens with one attached hydrogen (secondary N) is 1. The molecule has 0 aliphatic carbocycles. The van der Waals surface area contributed by atoms with Crippen LogP contribution in [0.1, 0.15) is 38.7 Å². The molecule has 21 heavy (non-hydrogen) atoms. The first kappa shape index (κ1) is 17.0. The van der Waals surface area contributed by atoms with Crippen molar-refractivity contribution in [2.75, 3.05) is 11.4 Å². The lowest BCUT2D eigenvalue weighted by Gasteiger charge is -2.24. The number of benzene rings is 1. The highest BCUT2D eigenvalue weighted by atomic mass is 16.4. The Bertz CT molecular complexity index is 471. The standard InChI is InChI=1S/C16H24N2O3/c1-4-18(14-10-8-12(2)9-11-14)16(21)17-13(3)6-5-7-15(19)20/h8-11,13H,4-7H2,1-3H3,(H,17,21)(H,19,20). The highest BCUT2D eigenvalue weighted by Gasteiger charge is 2.15. The van der Waals surface area contributed by atoms with Gasteiger partial charge in [-0.15, -0.1) is 0 Å². The molecule has 0 saturated carbocycles. The third-order valence-electron chi connectivity index (χ3n) is 3.30. The van der Waals surface area contributed by atoms with Crippen LogP contribution in [0, 0.1) is 6.92 Å². The Morgan fingerprint density at radius 2 is 1.90 bits per heavy atom. The normalized spacial score (nSPS) is 11.8. The number of urea groups is 1. The van der Waals surface area contributed by atoms with Gasteiger partial charge in [-0.1, -0.05) is 17.7 Å². The maximum atomic E-state index is 12.3. The molecule has 5 nitrogen and oxygen atoms in total. The third kappa shape index (κ3) is 5.85. The molecule has 1 aromatic rings. The van der Waals surface area contributed by atoms with Gasteiger partial charge in [-0.3, -0.25) is 9.69 Å². The zero-order valence-corrected chi connectivity index (χ0v) is 12.9. The average molecular weight is 292 g/mol. The average Bonchev–Trinajstić information content (AvgIpc) is 2.41. The van der Waals surface area contributed by atoms with Crippen LogP contribution in [0.4, 0.5) is 10.5 Å². The van der Waals surface area contributed by atoms with Gasteiger partial charge < -0.3 is 10.4 Å². The molecule has 0 fully saturated rings. The minimum atomic E-state index is -0.802. The molecule has 116 valence electrons. The summed E-state index contributed by atoms with van der Waals surface area (Å²) in [7, 11) is 0. The summed E-state index contributed by atoms with van der Waals surface area (Å²) in [6, 6.07) is 7.60. The summed E-state index contributed by atoms with van der Waals surface area (Å²) in [5, 5.41) is 11.5. The van der Waals surface area contributed by atoms with Crippen molar-refractivity contribution >= 4 is 17.7 Å². The first-order valence-corrected chi connectivity index (χ1v) is 7.30. The van der Waals surface area contributed by atoms with Crippen LogP contribution in [0.15, 0.2) is 24.3 Å². The quantitative estimate of drug-likeness (QED) is 0.811. The molecule has 1 rings (SSSR count). The highest BCUT2D eigenvalue weighted by Crippen LogP contribution is 2.15. The fraction of sp³-hybridized carbons (Fsp3) is 0.500. The molecule has 0 aromatic heterocycles. The van der Waals surface area contributed by atoms with E-state index in [1.807, 2.05) is 45.0 Å². The first-order valence-electron chi connectivity index (χ1n) is 7.30. The molecule has 0 radical (unpaired) electrons. The van der Waals surface area contributed by atoms with Crippen molar-refractivity contribution in [1.29, 1.82) is 0 Å². The van der Waals surface area contributed by atoms with Gasteiger partial charge in [0.05, 0.1) is 0 Å². The summed E-state index contributed by atoms with van der Waals surface area (Å²) in [5.41, 5.74) is 2.01. The molecular weight excluding hydrogens is 268 g/mol. The van der Waals surface area contributed by atoms with Crippen molar-refractivity contribution < 1.29 is 14.7 Å². The number of aryl methyl sites for hydroxylation is 1. The van der Waals surface area contributed by atoms with Gasteiger partial charge in [0.1, 0.15) is 0 Å². The number of carbonyl (C=O) groups excluding carboxylic acids is 1. The number of rotatable bonds is 7. The minimum Gasteiger partial charge on any atom is -0.481 e. The predicted octanol–water partition coefficient (Wildman–Crippen LogP) is 3.17. The van der Waals surface area contributed by atoms with E-state index in [1.165, 1.54) is 0 Å². The summed E-state index contributed by atoms with van der Waals surface area (Å²) < 4.78 is 0. The first-order chi connectivity index (χ1) is 9.93. The van der Waals surface area contributed by atoms with Crippen LogP contribution in [-0.4, -0.2) is 29.7 Å². The van der Waals surface area contributed by atoms with E-state index >= 15 is 0 Å². The van der Waals surface area contributed by atoms with E-state index in [4.69, 9.17) is 5.11 Å². The number of amides is 2. The zero-order chi connectivity index (χ0) is 15.8. The molecule has 0 aliphatic rings. The number of carboxylic acid groups (broad SMARTS) is 1. The summed E-state index contributed by atoms with van der Waals surface area (Å²) >= 11 is 0. The Morgan fingerprint density at radius 3 is 2.43 bits per heavy atom. The van der Waals surface area contributed by atoms with Crippen molar-refractivity contribution in [3.63, 3.8) is 0 Å². The van der Waals surface area contributed by atoms with Gasteiger partial charge in [-0.25, -0.2) is 4.79 Å². The number of carbonyl (C=O) groups is 2.